The van der Waals surface area contributed by atoms with Gasteiger partial charge >= 0.3 is 0 Å². The Morgan fingerprint density at radius 3 is 2.89 bits per heavy atom. The molecule has 1 saturated heterocycles. The van der Waals surface area contributed by atoms with E-state index in [0.29, 0.717) is 16.1 Å². The normalized spacial score (nSPS) is 21.2. The summed E-state index contributed by atoms with van der Waals surface area (Å²) in [5.41, 5.74) is 7.14. The van der Waals surface area contributed by atoms with Gasteiger partial charge in [-0.25, -0.2) is 0 Å². The Balaban J connectivity index is 1.81. The van der Waals surface area contributed by atoms with Gasteiger partial charge < -0.3 is 10.5 Å². The van der Waals surface area contributed by atoms with Crippen LogP contribution in [0.15, 0.2) is 18.2 Å². The van der Waals surface area contributed by atoms with Crippen molar-refractivity contribution in [1.29, 1.82) is 0 Å². The predicted octanol–water partition coefficient (Wildman–Crippen LogP) is 4.34. The number of hydrogen-bond donors (Lipinski definition) is 1. The van der Waals surface area contributed by atoms with Crippen LogP contribution in [0, 0.1) is 0 Å². The van der Waals surface area contributed by atoms with E-state index in [4.69, 9.17) is 33.7 Å². The molecule has 1 aliphatic heterocycles. The Bertz CT molecular complexity index is 391. The highest BCUT2D eigenvalue weighted by Crippen LogP contribution is 2.28. The Hall–Kier alpha value is -0.280. The van der Waals surface area contributed by atoms with Gasteiger partial charge in [0, 0.05) is 22.7 Å². The molecule has 1 aromatic rings. The maximum absolute atomic E-state index is 6.16. The minimum absolute atomic E-state index is 0.0174. The van der Waals surface area contributed by atoms with Gasteiger partial charge in [0.2, 0.25) is 0 Å². The summed E-state index contributed by atoms with van der Waals surface area (Å²) in [6, 6.07) is 5.49. The lowest BCUT2D eigenvalue weighted by molar-refractivity contribution is 0.101. The van der Waals surface area contributed by atoms with Gasteiger partial charge in [0.05, 0.1) is 6.10 Å². The summed E-state index contributed by atoms with van der Waals surface area (Å²) in [7, 11) is 0. The van der Waals surface area contributed by atoms with Gasteiger partial charge in [-0.05, 0) is 49.8 Å². The zero-order valence-corrected chi connectivity index (χ0v) is 11.9. The fraction of sp³-hybridized carbons (Fsp3) is 0.571. The lowest BCUT2D eigenvalue weighted by atomic mass is 10.00. The van der Waals surface area contributed by atoms with E-state index in [2.05, 4.69) is 0 Å². The van der Waals surface area contributed by atoms with Crippen LogP contribution in [0.3, 0.4) is 0 Å². The smallest absolute Gasteiger partial charge is 0.0576 e. The fourth-order valence-electron chi connectivity index (χ4n) is 2.40. The molecule has 0 aliphatic carbocycles. The van der Waals surface area contributed by atoms with Crippen LogP contribution in [-0.2, 0) is 4.74 Å². The summed E-state index contributed by atoms with van der Waals surface area (Å²) in [4.78, 5) is 0. The molecule has 18 heavy (non-hydrogen) atoms. The van der Waals surface area contributed by atoms with Gasteiger partial charge in [-0.15, -0.1) is 0 Å². The molecular weight excluding hydrogens is 269 g/mol. The Labute approximate surface area is 118 Å². The van der Waals surface area contributed by atoms with E-state index in [-0.39, 0.29) is 6.04 Å². The van der Waals surface area contributed by atoms with Crippen molar-refractivity contribution >= 4 is 23.2 Å². The quantitative estimate of drug-likeness (QED) is 0.874. The Morgan fingerprint density at radius 2 is 2.22 bits per heavy atom. The molecule has 1 fully saturated rings. The zero-order chi connectivity index (χ0) is 13.0. The van der Waals surface area contributed by atoms with Gasteiger partial charge in [0.1, 0.15) is 0 Å². The lowest BCUT2D eigenvalue weighted by Gasteiger charge is -2.15. The van der Waals surface area contributed by atoms with Crippen molar-refractivity contribution in [1.82, 2.24) is 0 Å². The van der Waals surface area contributed by atoms with Crippen molar-refractivity contribution < 1.29 is 4.74 Å². The number of rotatable bonds is 5. The summed E-state index contributed by atoms with van der Waals surface area (Å²) in [6.45, 7) is 0.916. The standard InChI is InChI=1S/C14H19Cl2NO/c15-10-6-7-12(13(16)9-10)14(17)5-1-3-11-4-2-8-18-11/h6-7,9,11,14H,1-5,8,17H2. The van der Waals surface area contributed by atoms with Crippen molar-refractivity contribution in [2.75, 3.05) is 6.61 Å². The Kier molecular flexibility index (Phi) is 5.31. The second kappa shape index (κ2) is 6.76. The van der Waals surface area contributed by atoms with Crippen LogP contribution in [0.1, 0.15) is 43.7 Å². The number of hydrogen-bond acceptors (Lipinski definition) is 2. The molecule has 4 heteroatoms. The minimum Gasteiger partial charge on any atom is -0.378 e. The first-order valence-electron chi connectivity index (χ1n) is 6.49. The highest BCUT2D eigenvalue weighted by atomic mass is 35.5. The molecule has 1 heterocycles. The van der Waals surface area contributed by atoms with E-state index in [0.717, 1.165) is 31.4 Å². The first-order valence-corrected chi connectivity index (χ1v) is 7.24. The molecule has 1 aliphatic rings. The van der Waals surface area contributed by atoms with E-state index >= 15 is 0 Å². The van der Waals surface area contributed by atoms with E-state index in [1.54, 1.807) is 6.07 Å². The molecule has 0 saturated carbocycles. The largest absolute Gasteiger partial charge is 0.378 e. The van der Waals surface area contributed by atoms with Gasteiger partial charge in [-0.1, -0.05) is 29.3 Å². The van der Waals surface area contributed by atoms with Crippen molar-refractivity contribution in [3.05, 3.63) is 33.8 Å². The highest BCUT2D eigenvalue weighted by Gasteiger charge is 2.16. The van der Waals surface area contributed by atoms with E-state index in [1.807, 2.05) is 12.1 Å². The van der Waals surface area contributed by atoms with E-state index < -0.39 is 0 Å². The molecule has 2 atom stereocenters. The minimum atomic E-state index is -0.0174. The average molecular weight is 288 g/mol. The number of nitrogens with two attached hydrogens (primary N) is 1. The number of halogens is 2. The second-order valence-corrected chi connectivity index (χ2v) is 5.68. The molecule has 0 aromatic heterocycles. The van der Waals surface area contributed by atoms with Gasteiger partial charge in [0.15, 0.2) is 0 Å². The van der Waals surface area contributed by atoms with Crippen molar-refractivity contribution in [3.63, 3.8) is 0 Å². The van der Waals surface area contributed by atoms with Gasteiger partial charge in [0.25, 0.3) is 0 Å². The third kappa shape index (κ3) is 3.86. The molecular formula is C14H19Cl2NO. The zero-order valence-electron chi connectivity index (χ0n) is 10.4. The topological polar surface area (TPSA) is 35.2 Å². The summed E-state index contributed by atoms with van der Waals surface area (Å²) in [5.74, 6) is 0. The summed E-state index contributed by atoms with van der Waals surface area (Å²) in [6.07, 6.45) is 5.93. The molecule has 0 amide bonds. The van der Waals surface area contributed by atoms with Crippen LogP contribution in [0.25, 0.3) is 0 Å². The molecule has 2 unspecified atom stereocenters. The third-order valence-electron chi connectivity index (χ3n) is 3.43. The average Bonchev–Trinajstić information content (AvgIpc) is 2.81. The van der Waals surface area contributed by atoms with Crippen LogP contribution in [0.5, 0.6) is 0 Å². The fourth-order valence-corrected chi connectivity index (χ4v) is 2.94. The van der Waals surface area contributed by atoms with Gasteiger partial charge in [-0.2, -0.15) is 0 Å². The number of ether oxygens (including phenoxy) is 1. The highest BCUT2D eigenvalue weighted by molar-refractivity contribution is 6.35. The monoisotopic (exact) mass is 287 g/mol. The first-order chi connectivity index (χ1) is 8.66. The SMILES string of the molecule is NC(CCCC1CCCO1)c1ccc(Cl)cc1Cl. The maximum Gasteiger partial charge on any atom is 0.0576 e. The van der Waals surface area contributed by atoms with Crippen molar-refractivity contribution in [2.45, 2.75) is 44.2 Å². The second-order valence-electron chi connectivity index (χ2n) is 4.84. The molecule has 1 aromatic carbocycles. The van der Waals surface area contributed by atoms with Crippen molar-refractivity contribution in [2.24, 2.45) is 5.73 Å². The summed E-state index contributed by atoms with van der Waals surface area (Å²) < 4.78 is 5.60. The molecule has 0 spiro atoms. The van der Waals surface area contributed by atoms with Crippen LogP contribution in [0.4, 0.5) is 0 Å². The van der Waals surface area contributed by atoms with Crippen LogP contribution < -0.4 is 5.73 Å². The number of benzene rings is 1. The molecule has 2 nitrogen and oxygen atoms in total. The third-order valence-corrected chi connectivity index (χ3v) is 3.99. The lowest BCUT2D eigenvalue weighted by Crippen LogP contribution is -2.12. The van der Waals surface area contributed by atoms with Crippen LogP contribution in [-0.4, -0.2) is 12.7 Å². The van der Waals surface area contributed by atoms with Crippen molar-refractivity contribution in [3.8, 4) is 0 Å². The van der Waals surface area contributed by atoms with E-state index in [9.17, 15) is 0 Å². The molecule has 100 valence electrons. The molecule has 0 bridgehead atoms. The predicted molar refractivity (Wildman–Crippen MR) is 76.2 cm³/mol. The summed E-state index contributed by atoms with van der Waals surface area (Å²) >= 11 is 12.0. The molecule has 0 radical (unpaired) electrons. The molecule has 2 N–H and O–H groups in total. The van der Waals surface area contributed by atoms with Crippen LogP contribution >= 0.6 is 23.2 Å². The first kappa shape index (κ1) is 14.1. The maximum atomic E-state index is 6.16. The Morgan fingerprint density at radius 1 is 1.39 bits per heavy atom. The van der Waals surface area contributed by atoms with E-state index in [1.165, 1.54) is 12.8 Å². The molecule has 2 rings (SSSR count). The van der Waals surface area contributed by atoms with Gasteiger partial charge in [-0.3, -0.25) is 0 Å². The summed E-state index contributed by atoms with van der Waals surface area (Å²) in [5, 5.41) is 1.31. The van der Waals surface area contributed by atoms with Crippen LogP contribution in [0.2, 0.25) is 10.0 Å².